The van der Waals surface area contributed by atoms with Crippen LogP contribution in [-0.2, 0) is 14.3 Å². The summed E-state index contributed by atoms with van der Waals surface area (Å²) >= 11 is 0. The standard InChI is InChI=1S/C44H76O4/c1-3-5-7-9-11-13-15-17-18-19-20-21-22-23-24-25-26-27-29-31-33-35-37-39-44(46)48-43(41-45)42-47-40-38-36-34-32-30-28-16-14-12-10-8-6-4-2/h5,7,11,13,17-18,20-21,23-24,26-27,43,45H,3-4,6,8-10,12,14-16,19,22,25,28-42H2,1-2H3/b7-5-,13-11-,18-17-,21-20-,24-23-,27-26-. The van der Waals surface area contributed by atoms with Crippen molar-refractivity contribution in [3.05, 3.63) is 72.9 Å². The SMILES string of the molecule is CC/C=C\C/C=C\C/C=C\C/C=C\C/C=C\C/C=C\CCCCCCC(=O)OC(CO)COCCCCCCCCCCCCCCC. The van der Waals surface area contributed by atoms with Crippen LogP contribution in [0.15, 0.2) is 72.9 Å². The first-order valence-corrected chi connectivity index (χ1v) is 20.0. The molecule has 1 unspecified atom stereocenters. The number of hydrogen-bond acceptors (Lipinski definition) is 4. The van der Waals surface area contributed by atoms with Crippen molar-refractivity contribution in [3.63, 3.8) is 0 Å². The molecule has 0 spiro atoms. The van der Waals surface area contributed by atoms with Gasteiger partial charge in [0.2, 0.25) is 0 Å². The zero-order valence-corrected chi connectivity index (χ0v) is 31.5. The molecule has 0 saturated carbocycles. The quantitative estimate of drug-likeness (QED) is 0.0410. The van der Waals surface area contributed by atoms with E-state index in [9.17, 15) is 9.90 Å². The Hall–Kier alpha value is -2.17. The Morgan fingerprint density at radius 1 is 0.521 bits per heavy atom. The molecule has 4 heteroatoms. The van der Waals surface area contributed by atoms with Crippen molar-refractivity contribution in [2.75, 3.05) is 19.8 Å². The first kappa shape index (κ1) is 45.8. The number of unbranched alkanes of at least 4 members (excludes halogenated alkanes) is 16. The Kier molecular flexibility index (Phi) is 39.1. The van der Waals surface area contributed by atoms with E-state index in [2.05, 4.69) is 86.8 Å². The maximum absolute atomic E-state index is 12.2. The fraction of sp³-hybridized carbons (Fsp3) is 0.705. The molecule has 0 aliphatic heterocycles. The highest BCUT2D eigenvalue weighted by atomic mass is 16.6. The first-order chi connectivity index (χ1) is 23.7. The van der Waals surface area contributed by atoms with E-state index < -0.39 is 6.10 Å². The lowest BCUT2D eigenvalue weighted by Crippen LogP contribution is -2.27. The minimum absolute atomic E-state index is 0.184. The summed E-state index contributed by atoms with van der Waals surface area (Å²) in [6, 6.07) is 0. The van der Waals surface area contributed by atoms with E-state index >= 15 is 0 Å². The molecule has 0 bridgehead atoms. The molecule has 0 aliphatic carbocycles. The summed E-state index contributed by atoms with van der Waals surface area (Å²) in [4.78, 5) is 12.2. The van der Waals surface area contributed by atoms with Gasteiger partial charge >= 0.3 is 5.97 Å². The summed E-state index contributed by atoms with van der Waals surface area (Å²) in [6.07, 6.45) is 55.2. The van der Waals surface area contributed by atoms with Crippen LogP contribution in [0.5, 0.6) is 0 Å². The third-order valence-electron chi connectivity index (χ3n) is 8.30. The van der Waals surface area contributed by atoms with Gasteiger partial charge in [-0.2, -0.15) is 0 Å². The third-order valence-corrected chi connectivity index (χ3v) is 8.30. The van der Waals surface area contributed by atoms with Crippen molar-refractivity contribution >= 4 is 5.97 Å². The number of carbonyl (C=O) groups excluding carboxylic acids is 1. The third kappa shape index (κ3) is 38.3. The maximum atomic E-state index is 12.2. The molecule has 0 rings (SSSR count). The van der Waals surface area contributed by atoms with Crippen molar-refractivity contribution in [1.29, 1.82) is 0 Å². The van der Waals surface area contributed by atoms with Crippen LogP contribution in [0.4, 0.5) is 0 Å². The second-order valence-corrected chi connectivity index (χ2v) is 13.0. The average molecular weight is 669 g/mol. The summed E-state index contributed by atoms with van der Waals surface area (Å²) in [7, 11) is 0. The van der Waals surface area contributed by atoms with Crippen molar-refractivity contribution < 1.29 is 19.4 Å². The van der Waals surface area contributed by atoms with Crippen LogP contribution in [0.1, 0.15) is 174 Å². The number of carbonyl (C=O) groups is 1. The molecule has 0 aliphatic rings. The van der Waals surface area contributed by atoms with Crippen molar-refractivity contribution in [1.82, 2.24) is 0 Å². The highest BCUT2D eigenvalue weighted by Crippen LogP contribution is 2.13. The van der Waals surface area contributed by atoms with E-state index in [4.69, 9.17) is 9.47 Å². The van der Waals surface area contributed by atoms with Gasteiger partial charge in [0.15, 0.2) is 0 Å². The van der Waals surface area contributed by atoms with E-state index in [0.717, 1.165) is 77.0 Å². The second-order valence-electron chi connectivity index (χ2n) is 13.0. The summed E-state index contributed by atoms with van der Waals surface area (Å²) in [5, 5.41) is 9.57. The minimum atomic E-state index is -0.549. The monoisotopic (exact) mass is 669 g/mol. The Balaban J connectivity index is 3.55. The van der Waals surface area contributed by atoms with Gasteiger partial charge in [0.1, 0.15) is 6.10 Å². The highest BCUT2D eigenvalue weighted by molar-refractivity contribution is 5.69. The van der Waals surface area contributed by atoms with Crippen LogP contribution in [0.25, 0.3) is 0 Å². The second kappa shape index (κ2) is 41.0. The Bertz CT molecular complexity index is 835. The van der Waals surface area contributed by atoms with Gasteiger partial charge in [0, 0.05) is 13.0 Å². The van der Waals surface area contributed by atoms with Gasteiger partial charge in [0.05, 0.1) is 13.2 Å². The van der Waals surface area contributed by atoms with Crippen LogP contribution in [0.2, 0.25) is 0 Å². The van der Waals surface area contributed by atoms with Gasteiger partial charge in [-0.3, -0.25) is 4.79 Å². The molecule has 48 heavy (non-hydrogen) atoms. The number of esters is 1. The summed E-state index contributed by atoms with van der Waals surface area (Å²) in [5.74, 6) is -0.226. The fourth-order valence-corrected chi connectivity index (χ4v) is 5.33. The first-order valence-electron chi connectivity index (χ1n) is 20.0. The van der Waals surface area contributed by atoms with E-state index in [1.54, 1.807) is 0 Å². The Morgan fingerprint density at radius 3 is 1.42 bits per heavy atom. The summed E-state index contributed by atoms with van der Waals surface area (Å²) in [6.45, 7) is 5.20. The number of aliphatic hydroxyl groups is 1. The van der Waals surface area contributed by atoms with Gasteiger partial charge in [0.25, 0.3) is 0 Å². The zero-order chi connectivity index (χ0) is 34.9. The summed E-state index contributed by atoms with van der Waals surface area (Å²) < 4.78 is 11.1. The molecular weight excluding hydrogens is 592 g/mol. The molecular formula is C44H76O4. The van der Waals surface area contributed by atoms with Gasteiger partial charge < -0.3 is 14.6 Å². The Labute approximate surface area is 297 Å². The van der Waals surface area contributed by atoms with Crippen molar-refractivity contribution in [2.24, 2.45) is 0 Å². The van der Waals surface area contributed by atoms with Gasteiger partial charge in [-0.1, -0.05) is 177 Å². The van der Waals surface area contributed by atoms with Gasteiger partial charge in [-0.05, 0) is 64.2 Å². The number of allylic oxidation sites excluding steroid dienone is 12. The highest BCUT2D eigenvalue weighted by Gasteiger charge is 2.13. The molecule has 1 atom stereocenters. The molecule has 0 radical (unpaired) electrons. The predicted molar refractivity (Wildman–Crippen MR) is 209 cm³/mol. The molecule has 0 aromatic heterocycles. The lowest BCUT2D eigenvalue weighted by atomic mass is 10.0. The molecule has 0 amide bonds. The van der Waals surface area contributed by atoms with Crippen LogP contribution in [0.3, 0.4) is 0 Å². The van der Waals surface area contributed by atoms with Crippen LogP contribution in [0, 0.1) is 0 Å². The van der Waals surface area contributed by atoms with Crippen LogP contribution in [-0.4, -0.2) is 37.0 Å². The lowest BCUT2D eigenvalue weighted by molar-refractivity contribution is -0.154. The molecule has 0 aromatic rings. The number of hydrogen-bond donors (Lipinski definition) is 1. The van der Waals surface area contributed by atoms with Gasteiger partial charge in [-0.25, -0.2) is 0 Å². The number of ether oxygens (including phenoxy) is 2. The van der Waals surface area contributed by atoms with E-state index in [-0.39, 0.29) is 19.2 Å². The normalized spacial score (nSPS) is 13.1. The molecule has 0 fully saturated rings. The van der Waals surface area contributed by atoms with Crippen molar-refractivity contribution in [3.8, 4) is 0 Å². The maximum Gasteiger partial charge on any atom is 0.306 e. The number of aliphatic hydroxyl groups excluding tert-OH is 1. The fourth-order valence-electron chi connectivity index (χ4n) is 5.33. The molecule has 1 N–H and O–H groups in total. The minimum Gasteiger partial charge on any atom is -0.457 e. The van der Waals surface area contributed by atoms with E-state index in [1.165, 1.54) is 77.0 Å². The van der Waals surface area contributed by atoms with Gasteiger partial charge in [-0.15, -0.1) is 0 Å². The number of rotatable bonds is 36. The largest absolute Gasteiger partial charge is 0.457 e. The van der Waals surface area contributed by atoms with Crippen LogP contribution < -0.4 is 0 Å². The smallest absolute Gasteiger partial charge is 0.306 e. The summed E-state index contributed by atoms with van der Waals surface area (Å²) in [5.41, 5.74) is 0. The lowest BCUT2D eigenvalue weighted by Gasteiger charge is -2.15. The molecule has 0 saturated heterocycles. The van der Waals surface area contributed by atoms with Crippen LogP contribution >= 0.6 is 0 Å². The Morgan fingerprint density at radius 2 is 0.938 bits per heavy atom. The molecule has 4 nitrogen and oxygen atoms in total. The van der Waals surface area contributed by atoms with E-state index in [0.29, 0.717) is 13.0 Å². The zero-order valence-electron chi connectivity index (χ0n) is 31.5. The predicted octanol–water partition coefficient (Wildman–Crippen LogP) is 13.0. The van der Waals surface area contributed by atoms with Crippen molar-refractivity contribution in [2.45, 2.75) is 180 Å². The topological polar surface area (TPSA) is 55.8 Å². The molecule has 0 heterocycles. The molecule has 0 aromatic carbocycles. The molecule has 276 valence electrons. The average Bonchev–Trinajstić information content (AvgIpc) is 3.09. The van der Waals surface area contributed by atoms with E-state index in [1.807, 2.05) is 0 Å².